The van der Waals surface area contributed by atoms with Crippen LogP contribution in [0.3, 0.4) is 0 Å². The van der Waals surface area contributed by atoms with Crippen molar-refractivity contribution in [3.05, 3.63) is 59.9 Å². The Morgan fingerprint density at radius 2 is 1.78 bits per heavy atom. The number of pyridine rings is 1. The maximum atomic E-state index is 10.3. The van der Waals surface area contributed by atoms with Gasteiger partial charge < -0.3 is 14.6 Å². The number of para-hydroxylation sites is 1. The molecule has 27 heavy (non-hydrogen) atoms. The van der Waals surface area contributed by atoms with Crippen molar-refractivity contribution in [2.45, 2.75) is 19.3 Å². The highest BCUT2D eigenvalue weighted by Gasteiger charge is 2.19. The van der Waals surface area contributed by atoms with Crippen molar-refractivity contribution in [2.75, 3.05) is 46.4 Å². The third kappa shape index (κ3) is 6.29. The summed E-state index contributed by atoms with van der Waals surface area (Å²) in [6, 6.07) is 13.8. The van der Waals surface area contributed by atoms with Gasteiger partial charge in [-0.3, -0.25) is 14.8 Å². The molecule has 0 amide bonds. The highest BCUT2D eigenvalue weighted by Crippen LogP contribution is 2.18. The molecular formula is C21H29N3O3. The monoisotopic (exact) mass is 371 g/mol. The van der Waals surface area contributed by atoms with E-state index in [4.69, 9.17) is 9.47 Å². The number of hydrogen-bond donors (Lipinski definition) is 1. The summed E-state index contributed by atoms with van der Waals surface area (Å²) in [7, 11) is 1.65. The molecule has 1 saturated heterocycles. The summed E-state index contributed by atoms with van der Waals surface area (Å²) in [5.74, 6) is 0.816. The first-order valence-electron chi connectivity index (χ1n) is 9.47. The fourth-order valence-corrected chi connectivity index (χ4v) is 3.33. The van der Waals surface area contributed by atoms with Crippen molar-refractivity contribution in [1.82, 2.24) is 14.8 Å². The van der Waals surface area contributed by atoms with E-state index in [-0.39, 0.29) is 0 Å². The molecule has 1 aromatic heterocycles. The number of piperazine rings is 1. The summed E-state index contributed by atoms with van der Waals surface area (Å²) in [5.41, 5.74) is 2.10. The summed E-state index contributed by atoms with van der Waals surface area (Å²) >= 11 is 0. The van der Waals surface area contributed by atoms with Crippen LogP contribution >= 0.6 is 0 Å². The Balaban J connectivity index is 1.34. The van der Waals surface area contributed by atoms with Gasteiger partial charge in [0.15, 0.2) is 0 Å². The lowest BCUT2D eigenvalue weighted by molar-refractivity contribution is 0.000410. The van der Waals surface area contributed by atoms with Crippen molar-refractivity contribution >= 4 is 0 Å². The molecule has 0 radical (unpaired) electrons. The zero-order valence-electron chi connectivity index (χ0n) is 16.0. The summed E-state index contributed by atoms with van der Waals surface area (Å²) in [6.07, 6.45) is 1.36. The molecule has 0 aliphatic carbocycles. The number of ether oxygens (including phenoxy) is 2. The van der Waals surface area contributed by atoms with Gasteiger partial charge in [-0.2, -0.15) is 0 Å². The molecule has 1 N–H and O–H groups in total. The molecule has 2 aromatic rings. The first-order chi connectivity index (χ1) is 13.2. The fraction of sp³-hybridized carbons (Fsp3) is 0.476. The maximum Gasteiger partial charge on any atom is 0.124 e. The maximum absolute atomic E-state index is 10.3. The molecule has 1 atom stereocenters. The van der Waals surface area contributed by atoms with E-state index in [9.17, 15) is 5.11 Å². The van der Waals surface area contributed by atoms with Crippen molar-refractivity contribution in [2.24, 2.45) is 0 Å². The number of β-amino-alcohol motifs (C(OH)–C–C–N with tert-alkyl or cyclic N) is 1. The average Bonchev–Trinajstić information content (AvgIpc) is 2.71. The molecule has 1 unspecified atom stereocenters. The van der Waals surface area contributed by atoms with Crippen LogP contribution in [0.1, 0.15) is 11.3 Å². The van der Waals surface area contributed by atoms with Crippen LogP contribution in [0.25, 0.3) is 0 Å². The molecule has 146 valence electrons. The van der Waals surface area contributed by atoms with E-state index < -0.39 is 6.10 Å². The molecular weight excluding hydrogens is 342 g/mol. The summed E-state index contributed by atoms with van der Waals surface area (Å²) in [5, 5.41) is 10.3. The van der Waals surface area contributed by atoms with E-state index in [0.717, 1.165) is 49.7 Å². The van der Waals surface area contributed by atoms with Crippen molar-refractivity contribution in [3.8, 4) is 5.75 Å². The Hall–Kier alpha value is -1.99. The minimum atomic E-state index is -0.484. The molecule has 6 nitrogen and oxygen atoms in total. The van der Waals surface area contributed by atoms with Crippen LogP contribution in [-0.2, 0) is 17.9 Å². The minimum Gasteiger partial charge on any atom is -0.496 e. The van der Waals surface area contributed by atoms with Crippen LogP contribution in [0, 0.1) is 0 Å². The van der Waals surface area contributed by atoms with E-state index in [1.54, 1.807) is 7.11 Å². The van der Waals surface area contributed by atoms with Crippen LogP contribution in [0.5, 0.6) is 5.75 Å². The zero-order valence-corrected chi connectivity index (χ0v) is 16.0. The number of aromatic nitrogens is 1. The van der Waals surface area contributed by atoms with Gasteiger partial charge in [0.1, 0.15) is 5.75 Å². The second kappa shape index (κ2) is 10.4. The molecule has 6 heteroatoms. The summed E-state index contributed by atoms with van der Waals surface area (Å²) in [4.78, 5) is 9.09. The normalized spacial score (nSPS) is 17.0. The third-order valence-electron chi connectivity index (χ3n) is 4.81. The van der Waals surface area contributed by atoms with Crippen molar-refractivity contribution < 1.29 is 14.6 Å². The first-order valence-corrected chi connectivity index (χ1v) is 9.47. The fourth-order valence-electron chi connectivity index (χ4n) is 3.33. The number of hydrogen-bond acceptors (Lipinski definition) is 6. The van der Waals surface area contributed by atoms with E-state index in [0.29, 0.717) is 19.8 Å². The predicted octanol–water partition coefficient (Wildman–Crippen LogP) is 1.79. The van der Waals surface area contributed by atoms with Gasteiger partial charge in [-0.15, -0.1) is 0 Å². The van der Waals surface area contributed by atoms with Gasteiger partial charge in [0.2, 0.25) is 0 Å². The molecule has 0 saturated carbocycles. The molecule has 1 aliphatic rings. The second-order valence-electron chi connectivity index (χ2n) is 6.88. The topological polar surface area (TPSA) is 58.1 Å². The van der Waals surface area contributed by atoms with Crippen molar-refractivity contribution in [1.29, 1.82) is 0 Å². The molecule has 0 spiro atoms. The Morgan fingerprint density at radius 3 is 2.52 bits per heavy atom. The summed E-state index contributed by atoms with van der Waals surface area (Å²) < 4.78 is 11.0. The smallest absolute Gasteiger partial charge is 0.124 e. The average molecular weight is 371 g/mol. The Kier molecular flexibility index (Phi) is 7.59. The molecule has 2 heterocycles. The lowest BCUT2D eigenvalue weighted by Crippen LogP contribution is -2.48. The van der Waals surface area contributed by atoms with Gasteiger partial charge in [-0.25, -0.2) is 0 Å². The van der Waals surface area contributed by atoms with E-state index in [1.165, 1.54) is 0 Å². The zero-order chi connectivity index (χ0) is 18.9. The van der Waals surface area contributed by atoms with Crippen LogP contribution in [0.4, 0.5) is 0 Å². The second-order valence-corrected chi connectivity index (χ2v) is 6.88. The number of aliphatic hydroxyl groups is 1. The molecule has 1 aromatic carbocycles. The van der Waals surface area contributed by atoms with Crippen LogP contribution in [0.2, 0.25) is 0 Å². The number of nitrogens with zero attached hydrogens (tertiary/aromatic N) is 3. The van der Waals surface area contributed by atoms with Gasteiger partial charge in [0, 0.05) is 51.0 Å². The molecule has 3 rings (SSSR count). The van der Waals surface area contributed by atoms with Gasteiger partial charge in [0.25, 0.3) is 0 Å². The van der Waals surface area contributed by atoms with Crippen LogP contribution in [0.15, 0.2) is 48.7 Å². The predicted molar refractivity (Wildman–Crippen MR) is 105 cm³/mol. The van der Waals surface area contributed by atoms with Crippen LogP contribution in [-0.4, -0.2) is 72.4 Å². The van der Waals surface area contributed by atoms with Gasteiger partial charge >= 0.3 is 0 Å². The van der Waals surface area contributed by atoms with E-state index >= 15 is 0 Å². The van der Waals surface area contributed by atoms with Crippen LogP contribution < -0.4 is 4.74 Å². The Labute approximate surface area is 161 Å². The SMILES string of the molecule is COc1ccccc1COCC(O)CN1CCN(Cc2ccccn2)CC1. The largest absolute Gasteiger partial charge is 0.496 e. The number of rotatable bonds is 9. The standard InChI is InChI=1S/C21H29N3O3/c1-26-21-8-3-2-6-18(21)16-27-17-20(25)15-24-12-10-23(11-13-24)14-19-7-4-5-9-22-19/h2-9,20,25H,10-17H2,1H3. The first kappa shape index (κ1) is 19.8. The lowest BCUT2D eigenvalue weighted by atomic mass is 10.2. The van der Waals surface area contributed by atoms with E-state index in [2.05, 4.69) is 20.9 Å². The highest BCUT2D eigenvalue weighted by molar-refractivity contribution is 5.32. The molecule has 1 aliphatic heterocycles. The Morgan fingerprint density at radius 1 is 1.04 bits per heavy atom. The van der Waals surface area contributed by atoms with Gasteiger partial charge in [-0.1, -0.05) is 24.3 Å². The number of methoxy groups -OCH3 is 1. The minimum absolute atomic E-state index is 0.326. The van der Waals surface area contributed by atoms with Gasteiger partial charge in [-0.05, 0) is 18.2 Å². The van der Waals surface area contributed by atoms with E-state index in [1.807, 2.05) is 42.6 Å². The number of aliphatic hydroxyl groups excluding tert-OH is 1. The van der Waals surface area contributed by atoms with Gasteiger partial charge in [0.05, 0.1) is 32.1 Å². The lowest BCUT2D eigenvalue weighted by Gasteiger charge is -2.35. The van der Waals surface area contributed by atoms with Crippen molar-refractivity contribution in [3.63, 3.8) is 0 Å². The summed E-state index contributed by atoms with van der Waals surface area (Å²) in [6.45, 7) is 6.19. The number of benzene rings is 1. The molecule has 1 fully saturated rings. The molecule has 0 bridgehead atoms. The third-order valence-corrected chi connectivity index (χ3v) is 4.81. The highest BCUT2D eigenvalue weighted by atomic mass is 16.5. The Bertz CT molecular complexity index is 675. The quantitative estimate of drug-likeness (QED) is 0.725.